The molecule has 1 aliphatic carbocycles. The van der Waals surface area contributed by atoms with Crippen molar-refractivity contribution in [3.63, 3.8) is 0 Å². The number of nitrogens with zero attached hydrogens (tertiary/aromatic N) is 1. The molecule has 2 unspecified atom stereocenters. The summed E-state index contributed by atoms with van der Waals surface area (Å²) in [7, 11) is -3.41. The van der Waals surface area contributed by atoms with Crippen molar-refractivity contribution >= 4 is 16.1 Å². The van der Waals surface area contributed by atoms with Gasteiger partial charge in [0.05, 0.1) is 25.0 Å². The largest absolute Gasteiger partial charge is 0.445 e. The van der Waals surface area contributed by atoms with Crippen molar-refractivity contribution in [1.82, 2.24) is 9.62 Å². The first-order valence-corrected chi connectivity index (χ1v) is 13.9. The molecular formula is C26H34N2O5S. The molecule has 1 saturated carbocycles. The second-order valence-electron chi connectivity index (χ2n) is 9.30. The normalized spacial score (nSPS) is 25.3. The zero-order valence-electron chi connectivity index (χ0n) is 19.6. The molecule has 8 heteroatoms. The Morgan fingerprint density at radius 2 is 1.62 bits per heavy atom. The van der Waals surface area contributed by atoms with Crippen LogP contribution < -0.4 is 4.72 Å². The van der Waals surface area contributed by atoms with Crippen molar-refractivity contribution in [3.05, 3.63) is 71.8 Å². The highest BCUT2D eigenvalue weighted by Gasteiger charge is 2.40. The van der Waals surface area contributed by atoms with E-state index in [2.05, 4.69) is 29.0 Å². The van der Waals surface area contributed by atoms with Crippen LogP contribution in [0.15, 0.2) is 60.7 Å². The van der Waals surface area contributed by atoms with E-state index in [9.17, 15) is 13.2 Å². The van der Waals surface area contributed by atoms with Gasteiger partial charge in [-0.3, -0.25) is 0 Å². The fourth-order valence-electron chi connectivity index (χ4n) is 5.02. The molecule has 2 fully saturated rings. The molecule has 0 aromatic heterocycles. The lowest BCUT2D eigenvalue weighted by Gasteiger charge is -2.32. The molecule has 34 heavy (non-hydrogen) atoms. The number of ether oxygens (including phenoxy) is 2. The van der Waals surface area contributed by atoms with Gasteiger partial charge < -0.3 is 14.4 Å². The maximum atomic E-state index is 12.9. The van der Waals surface area contributed by atoms with Crippen molar-refractivity contribution in [2.24, 2.45) is 0 Å². The third-order valence-corrected chi connectivity index (χ3v) is 7.53. The monoisotopic (exact) mass is 486 g/mol. The number of amides is 1. The molecular weight excluding hydrogens is 452 g/mol. The summed E-state index contributed by atoms with van der Waals surface area (Å²) < 4.78 is 38.3. The number of hydrogen-bond donors (Lipinski definition) is 1. The Kier molecular flexibility index (Phi) is 8.24. The Hall–Kier alpha value is -2.42. The van der Waals surface area contributed by atoms with Gasteiger partial charge >= 0.3 is 6.09 Å². The van der Waals surface area contributed by atoms with E-state index in [1.165, 1.54) is 5.56 Å². The van der Waals surface area contributed by atoms with Gasteiger partial charge in [0.2, 0.25) is 10.0 Å². The topological polar surface area (TPSA) is 84.9 Å². The number of carbonyl (C=O) groups excluding carboxylic acids is 1. The number of carbonyl (C=O) groups is 1. The fraction of sp³-hybridized carbons (Fsp3) is 0.500. The van der Waals surface area contributed by atoms with Gasteiger partial charge in [-0.05, 0) is 49.1 Å². The Bertz CT molecular complexity index is 1020. The smallest absolute Gasteiger partial charge is 0.410 e. The van der Waals surface area contributed by atoms with E-state index in [4.69, 9.17) is 9.47 Å². The highest BCUT2D eigenvalue weighted by atomic mass is 32.2. The predicted molar refractivity (Wildman–Crippen MR) is 131 cm³/mol. The molecule has 7 nitrogen and oxygen atoms in total. The lowest BCUT2D eigenvalue weighted by atomic mass is 9.83. The number of likely N-dealkylation sites (tertiary alicyclic amines) is 1. The molecule has 2 atom stereocenters. The minimum Gasteiger partial charge on any atom is -0.445 e. The number of benzene rings is 2. The summed E-state index contributed by atoms with van der Waals surface area (Å²) in [4.78, 5) is 14.5. The summed E-state index contributed by atoms with van der Waals surface area (Å²) in [5.41, 5.74) is 2.28. The SMILES string of the molecule is CS(=O)(=O)NC1CCN(C(=O)OCc2ccccc2)C1COC1CCC(c2ccccc2)CC1. The van der Waals surface area contributed by atoms with Gasteiger partial charge in [-0.2, -0.15) is 0 Å². The third kappa shape index (κ3) is 6.81. The van der Waals surface area contributed by atoms with Gasteiger partial charge in [0.15, 0.2) is 0 Å². The van der Waals surface area contributed by atoms with Crippen LogP contribution >= 0.6 is 0 Å². The summed E-state index contributed by atoms with van der Waals surface area (Å²) >= 11 is 0. The predicted octanol–water partition coefficient (Wildman–Crippen LogP) is 4.06. The number of nitrogens with one attached hydrogen (secondary N) is 1. The van der Waals surface area contributed by atoms with Crippen LogP contribution in [0.3, 0.4) is 0 Å². The maximum Gasteiger partial charge on any atom is 0.410 e. The van der Waals surface area contributed by atoms with Gasteiger partial charge in [-0.1, -0.05) is 60.7 Å². The molecule has 1 N–H and O–H groups in total. The van der Waals surface area contributed by atoms with Crippen molar-refractivity contribution in [3.8, 4) is 0 Å². The number of sulfonamides is 1. The molecule has 1 saturated heterocycles. The van der Waals surface area contributed by atoms with Gasteiger partial charge in [0.25, 0.3) is 0 Å². The zero-order valence-corrected chi connectivity index (χ0v) is 20.5. The Labute approximate surface area is 202 Å². The number of rotatable bonds is 8. The first kappa shape index (κ1) is 24.7. The van der Waals surface area contributed by atoms with E-state index in [1.54, 1.807) is 4.90 Å². The van der Waals surface area contributed by atoms with Gasteiger partial charge in [0.1, 0.15) is 6.61 Å². The van der Waals surface area contributed by atoms with E-state index in [1.807, 2.05) is 36.4 Å². The van der Waals surface area contributed by atoms with Crippen LogP contribution in [0.2, 0.25) is 0 Å². The highest BCUT2D eigenvalue weighted by Crippen LogP contribution is 2.34. The molecule has 184 valence electrons. The average Bonchev–Trinajstić information content (AvgIpc) is 3.23. The van der Waals surface area contributed by atoms with Gasteiger partial charge in [0, 0.05) is 12.6 Å². The van der Waals surface area contributed by atoms with E-state index in [-0.39, 0.29) is 25.4 Å². The van der Waals surface area contributed by atoms with Gasteiger partial charge in [-0.25, -0.2) is 17.9 Å². The van der Waals surface area contributed by atoms with Crippen LogP contribution in [0.4, 0.5) is 4.79 Å². The second kappa shape index (κ2) is 11.3. The summed E-state index contributed by atoms with van der Waals surface area (Å²) in [6, 6.07) is 19.3. The summed E-state index contributed by atoms with van der Waals surface area (Å²) in [5, 5.41) is 0. The minimum absolute atomic E-state index is 0.113. The second-order valence-corrected chi connectivity index (χ2v) is 11.1. The molecule has 4 rings (SSSR count). The average molecular weight is 487 g/mol. The first-order chi connectivity index (χ1) is 16.4. The Morgan fingerprint density at radius 1 is 0.971 bits per heavy atom. The van der Waals surface area contributed by atoms with Gasteiger partial charge in [-0.15, -0.1) is 0 Å². The molecule has 1 aliphatic heterocycles. The molecule has 0 spiro atoms. The van der Waals surface area contributed by atoms with Crippen molar-refractivity contribution in [2.45, 2.75) is 62.8 Å². The van der Waals surface area contributed by atoms with E-state index in [0.29, 0.717) is 18.9 Å². The molecule has 1 heterocycles. The van der Waals surface area contributed by atoms with Crippen LogP contribution in [0.1, 0.15) is 49.1 Å². The molecule has 0 radical (unpaired) electrons. The van der Waals surface area contributed by atoms with Crippen LogP contribution in [-0.4, -0.2) is 57.0 Å². The van der Waals surface area contributed by atoms with Crippen molar-refractivity contribution in [1.29, 1.82) is 0 Å². The van der Waals surface area contributed by atoms with E-state index < -0.39 is 22.2 Å². The Balaban J connectivity index is 1.34. The lowest BCUT2D eigenvalue weighted by Crippen LogP contribution is -2.49. The number of hydrogen-bond acceptors (Lipinski definition) is 5. The molecule has 2 aromatic carbocycles. The standard InChI is InChI=1S/C26H34N2O5S/c1-34(30,31)27-24-16-17-28(26(29)33-18-20-8-4-2-5-9-20)25(24)19-32-23-14-12-22(13-15-23)21-10-6-3-7-11-21/h2-11,22-25,27H,12-19H2,1H3. The van der Waals surface area contributed by atoms with Crippen LogP contribution in [0.25, 0.3) is 0 Å². The van der Waals surface area contributed by atoms with Crippen LogP contribution in [-0.2, 0) is 26.1 Å². The van der Waals surface area contributed by atoms with E-state index >= 15 is 0 Å². The highest BCUT2D eigenvalue weighted by molar-refractivity contribution is 7.88. The summed E-state index contributed by atoms with van der Waals surface area (Å²) in [6.07, 6.45) is 5.38. The quantitative estimate of drug-likeness (QED) is 0.608. The van der Waals surface area contributed by atoms with Crippen LogP contribution in [0, 0.1) is 0 Å². The lowest BCUT2D eigenvalue weighted by molar-refractivity contribution is -0.00748. The molecule has 0 bridgehead atoms. The Morgan fingerprint density at radius 3 is 2.26 bits per heavy atom. The fourth-order valence-corrected chi connectivity index (χ4v) is 5.85. The molecule has 2 aromatic rings. The summed E-state index contributed by atoms with van der Waals surface area (Å²) in [6.45, 7) is 0.890. The zero-order chi connectivity index (χ0) is 24.0. The molecule has 2 aliphatic rings. The summed E-state index contributed by atoms with van der Waals surface area (Å²) in [5.74, 6) is 0.552. The van der Waals surface area contributed by atoms with Crippen molar-refractivity contribution < 1.29 is 22.7 Å². The van der Waals surface area contributed by atoms with Crippen molar-refractivity contribution in [2.75, 3.05) is 19.4 Å². The third-order valence-electron chi connectivity index (χ3n) is 6.80. The maximum absolute atomic E-state index is 12.9. The van der Waals surface area contributed by atoms with E-state index in [0.717, 1.165) is 37.5 Å². The molecule has 1 amide bonds. The minimum atomic E-state index is -3.41. The first-order valence-electron chi connectivity index (χ1n) is 12.0. The van der Waals surface area contributed by atoms with Crippen LogP contribution in [0.5, 0.6) is 0 Å².